The molecule has 0 aromatic heterocycles. The lowest BCUT2D eigenvalue weighted by Crippen LogP contribution is -2.38. The maximum absolute atomic E-state index is 11.3. The van der Waals surface area contributed by atoms with Crippen LogP contribution in [-0.2, 0) is 9.59 Å². The van der Waals surface area contributed by atoms with E-state index in [0.29, 0.717) is 12.2 Å². The predicted octanol–water partition coefficient (Wildman–Crippen LogP) is 0.814. The molecule has 0 radical (unpaired) electrons. The SMILES string of the molecule is CNC(=O)CCCN1CCCC(C(C)=O)C1. The Morgan fingerprint density at radius 2 is 2.19 bits per heavy atom. The summed E-state index contributed by atoms with van der Waals surface area (Å²) in [6, 6.07) is 0. The largest absolute Gasteiger partial charge is 0.359 e. The van der Waals surface area contributed by atoms with Crippen LogP contribution >= 0.6 is 0 Å². The molecule has 0 spiro atoms. The second-order valence-corrected chi connectivity index (χ2v) is 4.53. The van der Waals surface area contributed by atoms with Crippen LogP contribution in [0.5, 0.6) is 0 Å². The zero-order chi connectivity index (χ0) is 12.0. The first-order chi connectivity index (χ1) is 7.63. The van der Waals surface area contributed by atoms with Crippen molar-refractivity contribution in [3.63, 3.8) is 0 Å². The highest BCUT2D eigenvalue weighted by Gasteiger charge is 2.22. The van der Waals surface area contributed by atoms with Crippen LogP contribution in [0, 0.1) is 5.92 Å². The summed E-state index contributed by atoms with van der Waals surface area (Å²) in [7, 11) is 1.66. The van der Waals surface area contributed by atoms with Gasteiger partial charge < -0.3 is 10.2 Å². The van der Waals surface area contributed by atoms with Gasteiger partial charge in [0, 0.05) is 25.9 Å². The Labute approximate surface area is 97.4 Å². The first-order valence-corrected chi connectivity index (χ1v) is 6.07. The molecule has 4 heteroatoms. The van der Waals surface area contributed by atoms with Gasteiger partial charge in [0.15, 0.2) is 0 Å². The topological polar surface area (TPSA) is 49.4 Å². The van der Waals surface area contributed by atoms with Gasteiger partial charge in [-0.1, -0.05) is 0 Å². The van der Waals surface area contributed by atoms with Gasteiger partial charge in [0.2, 0.25) is 5.91 Å². The number of likely N-dealkylation sites (tertiary alicyclic amines) is 1. The molecule has 0 aliphatic carbocycles. The van der Waals surface area contributed by atoms with Crippen LogP contribution < -0.4 is 5.32 Å². The summed E-state index contributed by atoms with van der Waals surface area (Å²) in [6.45, 7) is 4.55. The number of rotatable bonds is 5. The summed E-state index contributed by atoms with van der Waals surface area (Å²) in [4.78, 5) is 24.6. The first kappa shape index (κ1) is 13.2. The first-order valence-electron chi connectivity index (χ1n) is 6.07. The van der Waals surface area contributed by atoms with E-state index in [9.17, 15) is 9.59 Å². The lowest BCUT2D eigenvalue weighted by Gasteiger charge is -2.31. The minimum absolute atomic E-state index is 0.0973. The van der Waals surface area contributed by atoms with Crippen LogP contribution in [0.15, 0.2) is 0 Å². The average molecular weight is 226 g/mol. The number of nitrogens with zero attached hydrogens (tertiary/aromatic N) is 1. The molecular weight excluding hydrogens is 204 g/mol. The van der Waals surface area contributed by atoms with Crippen molar-refractivity contribution in [1.29, 1.82) is 0 Å². The number of hydrogen-bond acceptors (Lipinski definition) is 3. The summed E-state index contributed by atoms with van der Waals surface area (Å²) in [5.74, 6) is 0.616. The Bertz CT molecular complexity index is 253. The van der Waals surface area contributed by atoms with Crippen molar-refractivity contribution in [2.24, 2.45) is 5.92 Å². The molecule has 1 atom stereocenters. The zero-order valence-electron chi connectivity index (χ0n) is 10.3. The normalized spacial score (nSPS) is 21.8. The molecule has 0 aromatic carbocycles. The van der Waals surface area contributed by atoms with Crippen LogP contribution in [0.25, 0.3) is 0 Å². The van der Waals surface area contributed by atoms with Crippen molar-refractivity contribution in [1.82, 2.24) is 10.2 Å². The Balaban J connectivity index is 2.21. The molecule has 4 nitrogen and oxygen atoms in total. The van der Waals surface area contributed by atoms with Crippen molar-refractivity contribution in [2.45, 2.75) is 32.6 Å². The molecule has 1 heterocycles. The van der Waals surface area contributed by atoms with Crippen molar-refractivity contribution in [3.05, 3.63) is 0 Å². The third-order valence-electron chi connectivity index (χ3n) is 3.24. The summed E-state index contributed by atoms with van der Waals surface area (Å²) in [6.07, 6.45) is 3.59. The fourth-order valence-electron chi connectivity index (χ4n) is 2.18. The fourth-order valence-corrected chi connectivity index (χ4v) is 2.18. The molecule has 0 aromatic rings. The fraction of sp³-hybridized carbons (Fsp3) is 0.833. The van der Waals surface area contributed by atoms with Crippen molar-refractivity contribution in [3.8, 4) is 0 Å². The second kappa shape index (κ2) is 6.63. The van der Waals surface area contributed by atoms with Crippen LogP contribution in [0.3, 0.4) is 0 Å². The van der Waals surface area contributed by atoms with Gasteiger partial charge in [0.25, 0.3) is 0 Å². The molecule has 1 unspecified atom stereocenters. The predicted molar refractivity (Wildman–Crippen MR) is 63.1 cm³/mol. The highest BCUT2D eigenvalue weighted by molar-refractivity contribution is 5.78. The van der Waals surface area contributed by atoms with E-state index in [1.807, 2.05) is 0 Å². The quantitative estimate of drug-likeness (QED) is 0.755. The van der Waals surface area contributed by atoms with Gasteiger partial charge in [-0.15, -0.1) is 0 Å². The van der Waals surface area contributed by atoms with E-state index in [4.69, 9.17) is 0 Å². The van der Waals surface area contributed by atoms with Gasteiger partial charge in [-0.05, 0) is 39.3 Å². The minimum atomic E-state index is 0.0973. The molecule has 92 valence electrons. The standard InChI is InChI=1S/C12H22N2O2/c1-10(15)11-5-3-7-14(9-11)8-4-6-12(16)13-2/h11H,3-9H2,1-2H3,(H,13,16). The van der Waals surface area contributed by atoms with Crippen LogP contribution in [0.2, 0.25) is 0 Å². The van der Waals surface area contributed by atoms with E-state index in [0.717, 1.165) is 38.9 Å². The highest BCUT2D eigenvalue weighted by atomic mass is 16.1. The Kier molecular flexibility index (Phi) is 5.46. The number of Topliss-reactive ketones (excluding diaryl/α,β-unsaturated/α-hetero) is 1. The molecule has 1 aliphatic heterocycles. The number of carbonyl (C=O) groups is 2. The van der Waals surface area contributed by atoms with Gasteiger partial charge in [-0.2, -0.15) is 0 Å². The van der Waals surface area contributed by atoms with Gasteiger partial charge in [-0.3, -0.25) is 9.59 Å². The number of piperidine rings is 1. The summed E-state index contributed by atoms with van der Waals surface area (Å²) >= 11 is 0. The number of ketones is 1. The molecule has 0 saturated carbocycles. The molecule has 1 aliphatic rings. The third-order valence-corrected chi connectivity index (χ3v) is 3.24. The Hall–Kier alpha value is -0.900. The van der Waals surface area contributed by atoms with Gasteiger partial charge in [0.1, 0.15) is 5.78 Å². The Morgan fingerprint density at radius 3 is 2.81 bits per heavy atom. The van der Waals surface area contributed by atoms with Crippen molar-refractivity contribution in [2.75, 3.05) is 26.7 Å². The van der Waals surface area contributed by atoms with Gasteiger partial charge in [-0.25, -0.2) is 0 Å². The zero-order valence-corrected chi connectivity index (χ0v) is 10.3. The minimum Gasteiger partial charge on any atom is -0.359 e. The van der Waals surface area contributed by atoms with Crippen LogP contribution in [-0.4, -0.2) is 43.3 Å². The van der Waals surface area contributed by atoms with Crippen LogP contribution in [0.1, 0.15) is 32.6 Å². The molecule has 1 saturated heterocycles. The summed E-state index contributed by atoms with van der Waals surface area (Å²) in [5.41, 5.74) is 0. The number of carbonyl (C=O) groups excluding carboxylic acids is 2. The molecule has 16 heavy (non-hydrogen) atoms. The average Bonchev–Trinajstić information content (AvgIpc) is 2.29. The third kappa shape index (κ3) is 4.31. The molecular formula is C12H22N2O2. The summed E-state index contributed by atoms with van der Waals surface area (Å²) < 4.78 is 0. The summed E-state index contributed by atoms with van der Waals surface area (Å²) in [5, 5.41) is 2.62. The number of nitrogens with one attached hydrogen (secondary N) is 1. The van der Waals surface area contributed by atoms with Crippen molar-refractivity contribution < 1.29 is 9.59 Å². The number of amides is 1. The monoisotopic (exact) mass is 226 g/mol. The molecule has 1 fully saturated rings. The molecule has 0 bridgehead atoms. The smallest absolute Gasteiger partial charge is 0.219 e. The maximum Gasteiger partial charge on any atom is 0.219 e. The number of hydrogen-bond donors (Lipinski definition) is 1. The van der Waals surface area contributed by atoms with Gasteiger partial charge in [0.05, 0.1) is 0 Å². The lowest BCUT2D eigenvalue weighted by atomic mass is 9.94. The van der Waals surface area contributed by atoms with E-state index in [-0.39, 0.29) is 11.8 Å². The van der Waals surface area contributed by atoms with Crippen molar-refractivity contribution >= 4 is 11.7 Å². The van der Waals surface area contributed by atoms with E-state index < -0.39 is 0 Å². The van der Waals surface area contributed by atoms with E-state index in [2.05, 4.69) is 10.2 Å². The maximum atomic E-state index is 11.3. The van der Waals surface area contributed by atoms with E-state index >= 15 is 0 Å². The van der Waals surface area contributed by atoms with Crippen LogP contribution in [0.4, 0.5) is 0 Å². The molecule has 1 amide bonds. The second-order valence-electron chi connectivity index (χ2n) is 4.53. The molecule has 1 N–H and O–H groups in total. The van der Waals surface area contributed by atoms with E-state index in [1.165, 1.54) is 0 Å². The lowest BCUT2D eigenvalue weighted by molar-refractivity contribution is -0.123. The van der Waals surface area contributed by atoms with Gasteiger partial charge >= 0.3 is 0 Å². The molecule has 1 rings (SSSR count). The Morgan fingerprint density at radius 1 is 1.44 bits per heavy atom. The van der Waals surface area contributed by atoms with E-state index in [1.54, 1.807) is 14.0 Å². The highest BCUT2D eigenvalue weighted by Crippen LogP contribution is 2.17.